The molecule has 0 aliphatic heterocycles. The van der Waals surface area contributed by atoms with Gasteiger partial charge in [0, 0.05) is 13.7 Å². The van der Waals surface area contributed by atoms with Gasteiger partial charge in [-0.15, -0.1) is 0 Å². The second-order valence-electron chi connectivity index (χ2n) is 4.20. The van der Waals surface area contributed by atoms with Crippen molar-refractivity contribution in [2.24, 2.45) is 5.10 Å². The van der Waals surface area contributed by atoms with Crippen molar-refractivity contribution >= 4 is 24.0 Å². The molecule has 0 spiro atoms. The molecule has 0 heterocycles. The lowest BCUT2D eigenvalue weighted by Crippen LogP contribution is -2.39. The number of aliphatic carboxylic acids is 1. The summed E-state index contributed by atoms with van der Waals surface area (Å²) in [6.45, 7) is 0.102. The number of rotatable bonds is 8. The number of benzene rings is 1. The van der Waals surface area contributed by atoms with Crippen LogP contribution in [0, 0.1) is 0 Å². The van der Waals surface area contributed by atoms with Crippen molar-refractivity contribution in [3.8, 4) is 5.75 Å². The first-order valence-electron chi connectivity index (χ1n) is 6.57. The van der Waals surface area contributed by atoms with Crippen molar-refractivity contribution in [2.75, 3.05) is 26.9 Å². The number of carboxylic acid groups (broad SMARTS) is 1. The lowest BCUT2D eigenvalue weighted by molar-refractivity contribution is -0.139. The molecule has 0 radical (unpaired) electrons. The number of hydrazone groups is 1. The van der Waals surface area contributed by atoms with Crippen molar-refractivity contribution in [1.82, 2.24) is 10.7 Å². The summed E-state index contributed by atoms with van der Waals surface area (Å²) in [4.78, 5) is 33.0. The zero-order valence-electron chi connectivity index (χ0n) is 12.4. The molecular formula is C14H17N3O6. The predicted octanol–water partition coefficient (Wildman–Crippen LogP) is -0.637. The average Bonchev–Trinajstić information content (AvgIpc) is 2.54. The first-order valence-corrected chi connectivity index (χ1v) is 6.57. The van der Waals surface area contributed by atoms with E-state index in [0.29, 0.717) is 17.9 Å². The Morgan fingerprint density at radius 3 is 2.52 bits per heavy atom. The Balaban J connectivity index is 2.40. The molecule has 3 N–H and O–H groups in total. The summed E-state index contributed by atoms with van der Waals surface area (Å²) in [6, 6.07) is 6.35. The predicted molar refractivity (Wildman–Crippen MR) is 80.2 cm³/mol. The second kappa shape index (κ2) is 9.90. The minimum atomic E-state index is -1.07. The third-order valence-electron chi connectivity index (χ3n) is 2.42. The highest BCUT2D eigenvalue weighted by Gasteiger charge is 2.11. The van der Waals surface area contributed by atoms with E-state index in [1.807, 2.05) is 0 Å². The van der Waals surface area contributed by atoms with Gasteiger partial charge in [-0.3, -0.25) is 9.59 Å². The third-order valence-corrected chi connectivity index (χ3v) is 2.42. The van der Waals surface area contributed by atoms with Crippen LogP contribution in [0.1, 0.15) is 5.56 Å². The van der Waals surface area contributed by atoms with Crippen molar-refractivity contribution in [3.63, 3.8) is 0 Å². The number of methoxy groups -OCH3 is 1. The van der Waals surface area contributed by atoms with E-state index < -0.39 is 24.4 Å². The van der Waals surface area contributed by atoms with Crippen molar-refractivity contribution in [1.29, 1.82) is 0 Å². The van der Waals surface area contributed by atoms with Gasteiger partial charge in [0.15, 0.2) is 6.61 Å². The number of carboxylic acids is 1. The van der Waals surface area contributed by atoms with Gasteiger partial charge in [0.05, 0.1) is 12.8 Å². The molecule has 1 rings (SSSR count). The SMILES string of the molecule is COCCNC(=O)C(=O)N/N=C\c1ccc(OCC(=O)O)cc1. The van der Waals surface area contributed by atoms with Crippen LogP contribution in [0.4, 0.5) is 0 Å². The molecule has 1 aromatic rings. The first-order chi connectivity index (χ1) is 11.0. The highest BCUT2D eigenvalue weighted by Crippen LogP contribution is 2.10. The summed E-state index contributed by atoms with van der Waals surface area (Å²) >= 11 is 0. The maximum Gasteiger partial charge on any atom is 0.341 e. The van der Waals surface area contributed by atoms with Gasteiger partial charge in [-0.25, -0.2) is 10.2 Å². The molecule has 0 aromatic heterocycles. The minimum absolute atomic E-state index is 0.226. The van der Waals surface area contributed by atoms with E-state index in [0.717, 1.165) is 0 Å². The molecule has 1 aromatic carbocycles. The van der Waals surface area contributed by atoms with E-state index in [9.17, 15) is 14.4 Å². The number of carbonyl (C=O) groups excluding carboxylic acids is 2. The number of nitrogens with zero attached hydrogens (tertiary/aromatic N) is 1. The molecule has 0 aliphatic carbocycles. The Morgan fingerprint density at radius 1 is 1.22 bits per heavy atom. The Labute approximate surface area is 132 Å². The molecular weight excluding hydrogens is 306 g/mol. The molecule has 9 nitrogen and oxygen atoms in total. The van der Waals surface area contributed by atoms with Crippen LogP contribution in [-0.4, -0.2) is 56.0 Å². The summed E-state index contributed by atoms with van der Waals surface area (Å²) < 4.78 is 9.70. The largest absolute Gasteiger partial charge is 0.482 e. The summed E-state index contributed by atoms with van der Waals surface area (Å²) in [7, 11) is 1.48. The maximum atomic E-state index is 11.4. The molecule has 0 unspecified atom stereocenters. The summed E-state index contributed by atoms with van der Waals surface area (Å²) in [5.74, 6) is -2.37. The van der Waals surface area contributed by atoms with E-state index in [1.165, 1.54) is 13.3 Å². The van der Waals surface area contributed by atoms with Crippen LogP contribution >= 0.6 is 0 Å². The monoisotopic (exact) mass is 323 g/mol. The van der Waals surface area contributed by atoms with E-state index in [-0.39, 0.29) is 6.54 Å². The molecule has 0 fully saturated rings. The maximum absolute atomic E-state index is 11.4. The standard InChI is InChI=1S/C14H17N3O6/c1-22-7-6-15-13(20)14(21)17-16-8-10-2-4-11(5-3-10)23-9-12(18)19/h2-5,8H,6-7,9H2,1H3,(H,15,20)(H,17,21)(H,18,19)/b16-8-. The molecule has 0 atom stereocenters. The summed E-state index contributed by atoms with van der Waals surface area (Å²) in [5.41, 5.74) is 2.71. The number of hydrogen-bond donors (Lipinski definition) is 3. The normalized spacial score (nSPS) is 10.3. The summed E-state index contributed by atoms with van der Waals surface area (Å²) in [6.07, 6.45) is 1.33. The highest BCUT2D eigenvalue weighted by atomic mass is 16.5. The second-order valence-corrected chi connectivity index (χ2v) is 4.20. The van der Waals surface area contributed by atoms with Crippen LogP contribution in [0.2, 0.25) is 0 Å². The van der Waals surface area contributed by atoms with Crippen LogP contribution < -0.4 is 15.5 Å². The van der Waals surface area contributed by atoms with Gasteiger partial charge in [0.1, 0.15) is 5.75 Å². The molecule has 9 heteroatoms. The number of hydrogen-bond acceptors (Lipinski definition) is 6. The molecule has 23 heavy (non-hydrogen) atoms. The zero-order valence-corrected chi connectivity index (χ0v) is 12.4. The molecule has 2 amide bonds. The fraction of sp³-hybridized carbons (Fsp3) is 0.286. The summed E-state index contributed by atoms with van der Waals surface area (Å²) in [5, 5.41) is 14.5. The average molecular weight is 323 g/mol. The van der Waals surface area contributed by atoms with Crippen LogP contribution in [0.5, 0.6) is 5.75 Å². The van der Waals surface area contributed by atoms with Crippen molar-refractivity contribution in [2.45, 2.75) is 0 Å². The van der Waals surface area contributed by atoms with Gasteiger partial charge in [-0.2, -0.15) is 5.10 Å². The lowest BCUT2D eigenvalue weighted by Gasteiger charge is -2.03. The molecule has 0 bridgehead atoms. The molecule has 0 aliphatic rings. The quantitative estimate of drug-likeness (QED) is 0.253. The van der Waals surface area contributed by atoms with Gasteiger partial charge < -0.3 is 19.9 Å². The van der Waals surface area contributed by atoms with Crippen LogP contribution in [-0.2, 0) is 19.1 Å². The van der Waals surface area contributed by atoms with E-state index in [1.54, 1.807) is 24.3 Å². The van der Waals surface area contributed by atoms with Crippen LogP contribution in [0.15, 0.2) is 29.4 Å². The first kappa shape index (κ1) is 18.1. The molecule has 0 saturated heterocycles. The zero-order chi connectivity index (χ0) is 17.1. The van der Waals surface area contributed by atoms with E-state index in [4.69, 9.17) is 14.6 Å². The molecule has 124 valence electrons. The fourth-order valence-electron chi connectivity index (χ4n) is 1.36. The molecule has 0 saturated carbocycles. The van der Waals surface area contributed by atoms with Gasteiger partial charge in [-0.05, 0) is 29.8 Å². The van der Waals surface area contributed by atoms with Gasteiger partial charge in [-0.1, -0.05) is 0 Å². The van der Waals surface area contributed by atoms with Crippen molar-refractivity contribution < 1.29 is 29.0 Å². The van der Waals surface area contributed by atoms with Crippen LogP contribution in [0.3, 0.4) is 0 Å². The smallest absolute Gasteiger partial charge is 0.341 e. The van der Waals surface area contributed by atoms with Gasteiger partial charge in [0.2, 0.25) is 0 Å². The fourth-order valence-corrected chi connectivity index (χ4v) is 1.36. The topological polar surface area (TPSA) is 126 Å². The number of carbonyl (C=O) groups is 3. The highest BCUT2D eigenvalue weighted by molar-refractivity contribution is 6.35. The number of ether oxygens (including phenoxy) is 2. The van der Waals surface area contributed by atoms with Gasteiger partial charge in [0.25, 0.3) is 0 Å². The van der Waals surface area contributed by atoms with E-state index >= 15 is 0 Å². The van der Waals surface area contributed by atoms with Crippen molar-refractivity contribution in [3.05, 3.63) is 29.8 Å². The Kier molecular flexibility index (Phi) is 7.79. The Bertz CT molecular complexity index is 570. The Morgan fingerprint density at radius 2 is 1.91 bits per heavy atom. The van der Waals surface area contributed by atoms with E-state index in [2.05, 4.69) is 15.8 Å². The minimum Gasteiger partial charge on any atom is -0.482 e. The third kappa shape index (κ3) is 7.58. The van der Waals surface area contributed by atoms with Crippen LogP contribution in [0.25, 0.3) is 0 Å². The van der Waals surface area contributed by atoms with Gasteiger partial charge >= 0.3 is 17.8 Å². The number of nitrogens with one attached hydrogen (secondary N) is 2. The number of amides is 2. The lowest BCUT2D eigenvalue weighted by atomic mass is 10.2. The Hall–Kier alpha value is -2.94.